The Bertz CT molecular complexity index is 826. The zero-order valence-corrected chi connectivity index (χ0v) is 17.4. The Balaban J connectivity index is 1.55. The van der Waals surface area contributed by atoms with E-state index in [0.717, 1.165) is 31.4 Å². The highest BCUT2D eigenvalue weighted by molar-refractivity contribution is 5.96. The van der Waals surface area contributed by atoms with Gasteiger partial charge in [-0.2, -0.15) is 0 Å². The summed E-state index contributed by atoms with van der Waals surface area (Å²) in [6.07, 6.45) is 6.45. The first kappa shape index (κ1) is 21.0. The van der Waals surface area contributed by atoms with E-state index in [9.17, 15) is 9.59 Å². The Kier molecular flexibility index (Phi) is 7.01. The van der Waals surface area contributed by atoms with E-state index < -0.39 is 0 Å². The number of pyridine rings is 1. The standard InChI is InChI=1S/C22H30N4O3/c1-4-18-20(14(2)29-26-18)22(28)24-13-16-8-10-17(11-9-16)21(25-15(3)27)19-7-5-6-12-23-19/h5-7,12,16-17,21H,4,8-11,13H2,1-3H3,(H,24,28)(H,25,27)/t16?,17?,21-/m0/s1. The molecule has 0 aliphatic heterocycles. The van der Waals surface area contributed by atoms with Gasteiger partial charge in [-0.1, -0.05) is 18.1 Å². The Morgan fingerprint density at radius 1 is 1.24 bits per heavy atom. The summed E-state index contributed by atoms with van der Waals surface area (Å²) in [6, 6.07) is 5.75. The van der Waals surface area contributed by atoms with Crippen LogP contribution in [0.1, 0.15) is 73.1 Å². The first-order valence-electron chi connectivity index (χ1n) is 10.4. The molecule has 1 aliphatic carbocycles. The van der Waals surface area contributed by atoms with Crippen molar-refractivity contribution in [3.05, 3.63) is 47.1 Å². The van der Waals surface area contributed by atoms with E-state index in [0.29, 0.717) is 41.8 Å². The van der Waals surface area contributed by atoms with Crippen LogP contribution in [-0.4, -0.2) is 28.5 Å². The van der Waals surface area contributed by atoms with Crippen LogP contribution in [0.5, 0.6) is 0 Å². The van der Waals surface area contributed by atoms with Crippen molar-refractivity contribution in [2.45, 2.75) is 58.9 Å². The van der Waals surface area contributed by atoms with E-state index in [-0.39, 0.29) is 17.9 Å². The fourth-order valence-electron chi connectivity index (χ4n) is 4.21. The maximum atomic E-state index is 12.6. The number of nitrogens with zero attached hydrogens (tertiary/aromatic N) is 2. The summed E-state index contributed by atoms with van der Waals surface area (Å²) in [7, 11) is 0. The fraction of sp³-hybridized carbons (Fsp3) is 0.545. The van der Waals surface area contributed by atoms with Crippen LogP contribution in [0.4, 0.5) is 0 Å². The van der Waals surface area contributed by atoms with Crippen LogP contribution in [-0.2, 0) is 11.2 Å². The van der Waals surface area contributed by atoms with Gasteiger partial charge in [-0.25, -0.2) is 0 Å². The van der Waals surface area contributed by atoms with Crippen molar-refractivity contribution in [2.75, 3.05) is 6.54 Å². The van der Waals surface area contributed by atoms with Gasteiger partial charge in [0.25, 0.3) is 5.91 Å². The minimum Gasteiger partial charge on any atom is -0.361 e. The van der Waals surface area contributed by atoms with Crippen LogP contribution in [0.3, 0.4) is 0 Å². The number of amides is 2. The highest BCUT2D eigenvalue weighted by Crippen LogP contribution is 2.36. The summed E-state index contributed by atoms with van der Waals surface area (Å²) in [5.74, 6) is 1.21. The van der Waals surface area contributed by atoms with Gasteiger partial charge in [0.05, 0.1) is 17.4 Å². The van der Waals surface area contributed by atoms with Crippen LogP contribution in [0, 0.1) is 18.8 Å². The van der Waals surface area contributed by atoms with Gasteiger partial charge in [-0.05, 0) is 63.0 Å². The normalized spacial score (nSPS) is 20.1. The van der Waals surface area contributed by atoms with Gasteiger partial charge >= 0.3 is 0 Å². The minimum absolute atomic E-state index is 0.0362. The number of hydrogen-bond donors (Lipinski definition) is 2. The predicted octanol–water partition coefficient (Wildman–Crippen LogP) is 3.35. The van der Waals surface area contributed by atoms with E-state index in [1.54, 1.807) is 20.0 Å². The van der Waals surface area contributed by atoms with Crippen molar-refractivity contribution in [3.63, 3.8) is 0 Å². The Hall–Kier alpha value is -2.70. The smallest absolute Gasteiger partial charge is 0.256 e. The fourth-order valence-corrected chi connectivity index (χ4v) is 4.21. The molecule has 2 aromatic heterocycles. The van der Waals surface area contributed by atoms with Crippen molar-refractivity contribution in [3.8, 4) is 0 Å². The zero-order chi connectivity index (χ0) is 20.8. The molecule has 0 aromatic carbocycles. The average Bonchev–Trinajstić information content (AvgIpc) is 3.12. The van der Waals surface area contributed by atoms with E-state index >= 15 is 0 Å². The quantitative estimate of drug-likeness (QED) is 0.745. The summed E-state index contributed by atoms with van der Waals surface area (Å²) in [5.41, 5.74) is 2.19. The van der Waals surface area contributed by atoms with Gasteiger partial charge in [-0.3, -0.25) is 14.6 Å². The van der Waals surface area contributed by atoms with Crippen molar-refractivity contribution in [1.82, 2.24) is 20.8 Å². The lowest BCUT2D eigenvalue weighted by Crippen LogP contribution is -2.36. The lowest BCUT2D eigenvalue weighted by Gasteiger charge is -2.34. The molecule has 7 heteroatoms. The molecule has 1 aliphatic rings. The lowest BCUT2D eigenvalue weighted by molar-refractivity contribution is -0.120. The van der Waals surface area contributed by atoms with Gasteiger partial charge in [0.15, 0.2) is 0 Å². The van der Waals surface area contributed by atoms with Crippen molar-refractivity contribution >= 4 is 11.8 Å². The summed E-state index contributed by atoms with van der Waals surface area (Å²) in [5, 5.41) is 10.1. The van der Waals surface area contributed by atoms with E-state index in [1.807, 2.05) is 25.1 Å². The molecule has 1 fully saturated rings. The summed E-state index contributed by atoms with van der Waals surface area (Å²) < 4.78 is 5.16. The molecule has 1 saturated carbocycles. The molecule has 0 saturated heterocycles. The van der Waals surface area contributed by atoms with E-state index in [4.69, 9.17) is 4.52 Å². The molecule has 7 nitrogen and oxygen atoms in total. The highest BCUT2D eigenvalue weighted by atomic mass is 16.5. The SMILES string of the molecule is CCc1noc(C)c1C(=O)NCC1CCC([C@H](NC(C)=O)c2ccccn2)CC1. The third-order valence-electron chi connectivity index (χ3n) is 5.77. The maximum absolute atomic E-state index is 12.6. The van der Waals surface area contributed by atoms with Gasteiger partial charge in [0.1, 0.15) is 11.3 Å². The predicted molar refractivity (Wildman–Crippen MR) is 109 cm³/mol. The van der Waals surface area contributed by atoms with Gasteiger partial charge < -0.3 is 15.2 Å². The first-order valence-corrected chi connectivity index (χ1v) is 10.4. The monoisotopic (exact) mass is 398 g/mol. The van der Waals surface area contributed by atoms with Gasteiger partial charge in [-0.15, -0.1) is 0 Å². The van der Waals surface area contributed by atoms with Crippen LogP contribution >= 0.6 is 0 Å². The molecule has 29 heavy (non-hydrogen) atoms. The Labute approximate surface area is 171 Å². The summed E-state index contributed by atoms with van der Waals surface area (Å²) in [6.45, 7) is 5.93. The number of aryl methyl sites for hydroxylation is 2. The van der Waals surface area contributed by atoms with Gasteiger partial charge in [0, 0.05) is 19.7 Å². The number of carbonyl (C=O) groups is 2. The molecule has 2 aromatic rings. The average molecular weight is 399 g/mol. The largest absolute Gasteiger partial charge is 0.361 e. The molecule has 156 valence electrons. The molecular formula is C22H30N4O3. The minimum atomic E-state index is -0.104. The Morgan fingerprint density at radius 2 is 2.00 bits per heavy atom. The molecule has 2 amide bonds. The molecule has 0 bridgehead atoms. The topological polar surface area (TPSA) is 97.1 Å². The number of aromatic nitrogens is 2. The number of nitrogens with one attached hydrogen (secondary N) is 2. The maximum Gasteiger partial charge on any atom is 0.256 e. The highest BCUT2D eigenvalue weighted by Gasteiger charge is 2.30. The molecule has 0 unspecified atom stereocenters. The van der Waals surface area contributed by atoms with Crippen molar-refractivity contribution < 1.29 is 14.1 Å². The van der Waals surface area contributed by atoms with Crippen molar-refractivity contribution in [1.29, 1.82) is 0 Å². The number of hydrogen-bond acceptors (Lipinski definition) is 5. The summed E-state index contributed by atoms with van der Waals surface area (Å²) >= 11 is 0. The second-order valence-electron chi connectivity index (χ2n) is 7.84. The van der Waals surface area contributed by atoms with Gasteiger partial charge in [0.2, 0.25) is 5.91 Å². The second-order valence-corrected chi connectivity index (χ2v) is 7.84. The first-order chi connectivity index (χ1) is 14.0. The lowest BCUT2D eigenvalue weighted by atomic mass is 9.77. The third-order valence-corrected chi connectivity index (χ3v) is 5.77. The van der Waals surface area contributed by atoms with Crippen LogP contribution in [0.25, 0.3) is 0 Å². The van der Waals surface area contributed by atoms with E-state index in [1.165, 1.54) is 0 Å². The molecule has 0 radical (unpaired) electrons. The zero-order valence-electron chi connectivity index (χ0n) is 17.4. The third kappa shape index (κ3) is 5.22. The number of rotatable bonds is 7. The molecule has 0 spiro atoms. The number of carbonyl (C=O) groups excluding carboxylic acids is 2. The van der Waals surface area contributed by atoms with E-state index in [2.05, 4.69) is 20.8 Å². The Morgan fingerprint density at radius 3 is 2.62 bits per heavy atom. The van der Waals surface area contributed by atoms with Crippen LogP contribution in [0.2, 0.25) is 0 Å². The molecule has 3 rings (SSSR count). The second kappa shape index (κ2) is 9.67. The summed E-state index contributed by atoms with van der Waals surface area (Å²) in [4.78, 5) is 28.7. The molecular weight excluding hydrogens is 368 g/mol. The molecule has 2 N–H and O–H groups in total. The van der Waals surface area contributed by atoms with Crippen LogP contribution in [0.15, 0.2) is 28.9 Å². The molecule has 1 atom stereocenters. The van der Waals surface area contributed by atoms with Crippen molar-refractivity contribution in [2.24, 2.45) is 11.8 Å². The van der Waals surface area contributed by atoms with Crippen LogP contribution < -0.4 is 10.6 Å². The molecule has 2 heterocycles.